The van der Waals surface area contributed by atoms with Gasteiger partial charge in [0, 0.05) is 25.2 Å². The van der Waals surface area contributed by atoms with Gasteiger partial charge >= 0.3 is 0 Å². The monoisotopic (exact) mass is 303 g/mol. The van der Waals surface area contributed by atoms with Crippen molar-refractivity contribution in [1.82, 2.24) is 5.32 Å². The number of ether oxygens (including phenoxy) is 1. The number of hydrogen-bond donors (Lipinski definition) is 2. The number of hydrogen-bond acceptors (Lipinski definition) is 4. The van der Waals surface area contributed by atoms with E-state index in [1.807, 2.05) is 18.2 Å². The van der Waals surface area contributed by atoms with Gasteiger partial charge in [-0.2, -0.15) is 0 Å². The molecular formula is C17H25N3O2. The van der Waals surface area contributed by atoms with Crippen LogP contribution in [0, 0.1) is 5.92 Å². The number of nitrogens with two attached hydrogens (primary N) is 1. The SMILES string of the molecule is COc1ccccc1N1CCC(NC(=O)C2CCCC2N)C1. The fourth-order valence-electron chi connectivity index (χ4n) is 3.61. The molecule has 3 N–H and O–H groups in total. The fourth-order valence-corrected chi connectivity index (χ4v) is 3.61. The molecule has 5 heteroatoms. The molecule has 1 aromatic carbocycles. The Hall–Kier alpha value is -1.75. The van der Waals surface area contributed by atoms with Gasteiger partial charge in [0.2, 0.25) is 5.91 Å². The first kappa shape index (κ1) is 15.2. The standard InChI is InChI=1S/C17H25N3O2/c1-22-16-8-3-2-7-15(16)20-10-9-12(11-20)19-17(21)13-5-4-6-14(13)18/h2-3,7-8,12-14H,4-6,9-11,18H2,1H3,(H,19,21). The van der Waals surface area contributed by atoms with Crippen LogP contribution in [0.4, 0.5) is 5.69 Å². The molecule has 1 amide bonds. The van der Waals surface area contributed by atoms with Gasteiger partial charge in [0.25, 0.3) is 0 Å². The van der Waals surface area contributed by atoms with Crippen LogP contribution in [0.15, 0.2) is 24.3 Å². The van der Waals surface area contributed by atoms with Gasteiger partial charge in [-0.3, -0.25) is 4.79 Å². The normalized spacial score (nSPS) is 27.9. The zero-order chi connectivity index (χ0) is 15.5. The van der Waals surface area contributed by atoms with E-state index in [1.165, 1.54) is 0 Å². The van der Waals surface area contributed by atoms with E-state index in [2.05, 4.69) is 16.3 Å². The van der Waals surface area contributed by atoms with Crippen molar-refractivity contribution in [2.75, 3.05) is 25.1 Å². The Labute approximate surface area is 131 Å². The third-order valence-corrected chi connectivity index (χ3v) is 4.87. The van der Waals surface area contributed by atoms with Gasteiger partial charge in [0.05, 0.1) is 18.7 Å². The van der Waals surface area contributed by atoms with Crippen LogP contribution in [0.1, 0.15) is 25.7 Å². The van der Waals surface area contributed by atoms with Crippen LogP contribution in [-0.4, -0.2) is 38.2 Å². The minimum absolute atomic E-state index is 0.000288. The van der Waals surface area contributed by atoms with Gasteiger partial charge in [0.1, 0.15) is 5.75 Å². The van der Waals surface area contributed by atoms with Crippen LogP contribution in [0.2, 0.25) is 0 Å². The second-order valence-electron chi connectivity index (χ2n) is 6.31. The van der Waals surface area contributed by atoms with Gasteiger partial charge in [-0.05, 0) is 31.4 Å². The van der Waals surface area contributed by atoms with Crippen LogP contribution in [-0.2, 0) is 4.79 Å². The Morgan fingerprint density at radius 2 is 2.14 bits per heavy atom. The van der Waals surface area contributed by atoms with Crippen LogP contribution < -0.4 is 20.7 Å². The summed E-state index contributed by atoms with van der Waals surface area (Å²) in [6, 6.07) is 8.26. The minimum atomic E-state index is 0.000288. The molecule has 120 valence electrons. The lowest BCUT2D eigenvalue weighted by Gasteiger charge is -2.22. The zero-order valence-corrected chi connectivity index (χ0v) is 13.1. The second-order valence-corrected chi connectivity index (χ2v) is 6.31. The molecule has 1 heterocycles. The molecule has 5 nitrogen and oxygen atoms in total. The third-order valence-electron chi connectivity index (χ3n) is 4.87. The molecule has 2 fully saturated rings. The largest absolute Gasteiger partial charge is 0.495 e. The third kappa shape index (κ3) is 3.04. The lowest BCUT2D eigenvalue weighted by Crippen LogP contribution is -2.44. The van der Waals surface area contributed by atoms with Gasteiger partial charge < -0.3 is 20.7 Å². The van der Waals surface area contributed by atoms with Gasteiger partial charge in [-0.25, -0.2) is 0 Å². The number of anilines is 1. The van der Waals surface area contributed by atoms with Crippen molar-refractivity contribution in [3.05, 3.63) is 24.3 Å². The smallest absolute Gasteiger partial charge is 0.224 e. The number of para-hydroxylation sites is 2. The lowest BCUT2D eigenvalue weighted by molar-refractivity contribution is -0.125. The van der Waals surface area contributed by atoms with Crippen LogP contribution >= 0.6 is 0 Å². The van der Waals surface area contributed by atoms with E-state index in [4.69, 9.17) is 10.5 Å². The molecule has 0 radical (unpaired) electrons. The summed E-state index contributed by atoms with van der Waals surface area (Å²) in [5.74, 6) is 1.02. The van der Waals surface area contributed by atoms with E-state index in [9.17, 15) is 4.79 Å². The predicted molar refractivity (Wildman–Crippen MR) is 87.1 cm³/mol. The van der Waals surface area contributed by atoms with Crippen molar-refractivity contribution in [3.63, 3.8) is 0 Å². The molecule has 0 spiro atoms. The summed E-state index contributed by atoms with van der Waals surface area (Å²) in [6.45, 7) is 1.76. The highest BCUT2D eigenvalue weighted by molar-refractivity contribution is 5.80. The summed E-state index contributed by atoms with van der Waals surface area (Å²) in [5, 5.41) is 3.19. The molecule has 1 aliphatic heterocycles. The van der Waals surface area contributed by atoms with Gasteiger partial charge in [0.15, 0.2) is 0 Å². The van der Waals surface area contributed by atoms with Crippen molar-refractivity contribution in [3.8, 4) is 5.75 Å². The Morgan fingerprint density at radius 1 is 1.32 bits per heavy atom. The summed E-state index contributed by atoms with van der Waals surface area (Å²) < 4.78 is 5.42. The number of carbonyl (C=O) groups excluding carboxylic acids is 1. The summed E-state index contributed by atoms with van der Waals surface area (Å²) in [5.41, 5.74) is 7.12. The number of rotatable bonds is 4. The second kappa shape index (κ2) is 6.57. The van der Waals surface area contributed by atoms with Crippen molar-refractivity contribution in [1.29, 1.82) is 0 Å². The van der Waals surface area contributed by atoms with E-state index < -0.39 is 0 Å². The predicted octanol–water partition coefficient (Wildman–Crippen LogP) is 1.52. The molecule has 22 heavy (non-hydrogen) atoms. The molecule has 0 aromatic heterocycles. The van der Waals surface area contributed by atoms with Gasteiger partial charge in [-0.1, -0.05) is 18.6 Å². The topological polar surface area (TPSA) is 67.6 Å². The number of nitrogens with one attached hydrogen (secondary N) is 1. The molecular weight excluding hydrogens is 278 g/mol. The molecule has 1 aliphatic carbocycles. The molecule has 3 unspecified atom stereocenters. The first-order chi connectivity index (χ1) is 10.7. The molecule has 1 saturated carbocycles. The minimum Gasteiger partial charge on any atom is -0.495 e. The van der Waals surface area contributed by atoms with Crippen LogP contribution in [0.3, 0.4) is 0 Å². The zero-order valence-electron chi connectivity index (χ0n) is 13.1. The average Bonchev–Trinajstić information content (AvgIpc) is 3.16. The summed E-state index contributed by atoms with van der Waals surface area (Å²) in [4.78, 5) is 14.6. The number of benzene rings is 1. The van der Waals surface area contributed by atoms with E-state index in [0.717, 1.165) is 50.2 Å². The van der Waals surface area contributed by atoms with E-state index in [-0.39, 0.29) is 23.9 Å². The van der Waals surface area contributed by atoms with E-state index >= 15 is 0 Å². The Morgan fingerprint density at radius 3 is 2.86 bits per heavy atom. The van der Waals surface area contributed by atoms with Crippen molar-refractivity contribution >= 4 is 11.6 Å². The molecule has 3 atom stereocenters. The highest BCUT2D eigenvalue weighted by Gasteiger charge is 2.33. The maximum absolute atomic E-state index is 12.3. The summed E-state index contributed by atoms with van der Waals surface area (Å²) in [7, 11) is 1.69. The number of carbonyl (C=O) groups is 1. The molecule has 3 rings (SSSR count). The first-order valence-electron chi connectivity index (χ1n) is 8.13. The van der Waals surface area contributed by atoms with Crippen molar-refractivity contribution < 1.29 is 9.53 Å². The highest BCUT2D eigenvalue weighted by Crippen LogP contribution is 2.30. The maximum atomic E-state index is 12.3. The average molecular weight is 303 g/mol. The van der Waals surface area contributed by atoms with E-state index in [0.29, 0.717) is 0 Å². The summed E-state index contributed by atoms with van der Waals surface area (Å²) in [6.07, 6.45) is 3.93. The number of nitrogens with zero attached hydrogens (tertiary/aromatic N) is 1. The lowest BCUT2D eigenvalue weighted by atomic mass is 10.0. The van der Waals surface area contributed by atoms with Gasteiger partial charge in [-0.15, -0.1) is 0 Å². The number of methoxy groups -OCH3 is 1. The van der Waals surface area contributed by atoms with Crippen molar-refractivity contribution in [2.45, 2.75) is 37.8 Å². The summed E-state index contributed by atoms with van der Waals surface area (Å²) >= 11 is 0. The Bertz CT molecular complexity index is 534. The fraction of sp³-hybridized carbons (Fsp3) is 0.588. The quantitative estimate of drug-likeness (QED) is 0.885. The maximum Gasteiger partial charge on any atom is 0.224 e. The molecule has 1 aromatic rings. The molecule has 0 bridgehead atoms. The Balaban J connectivity index is 1.59. The van der Waals surface area contributed by atoms with Crippen LogP contribution in [0.5, 0.6) is 5.75 Å². The Kier molecular flexibility index (Phi) is 4.52. The molecule has 1 saturated heterocycles. The highest BCUT2D eigenvalue weighted by atomic mass is 16.5. The van der Waals surface area contributed by atoms with E-state index in [1.54, 1.807) is 7.11 Å². The number of amides is 1. The first-order valence-corrected chi connectivity index (χ1v) is 8.13. The van der Waals surface area contributed by atoms with Crippen LogP contribution in [0.25, 0.3) is 0 Å². The van der Waals surface area contributed by atoms with Crippen molar-refractivity contribution in [2.24, 2.45) is 11.7 Å². The molecule has 2 aliphatic rings.